The molecule has 0 bridgehead atoms. The Balaban J connectivity index is 1.03. The molecule has 2 heteroatoms. The Morgan fingerprint density at radius 3 is 1.40 bits per heavy atom. The van der Waals surface area contributed by atoms with Crippen molar-refractivity contribution in [2.24, 2.45) is 0 Å². The molecule has 0 spiro atoms. The van der Waals surface area contributed by atoms with Gasteiger partial charge < -0.3 is 9.47 Å². The smallest absolute Gasteiger partial charge is 0.0541 e. The minimum atomic E-state index is 1.10. The zero-order valence-electron chi connectivity index (χ0n) is 31.8. The number of hydrogen-bond donors (Lipinski definition) is 0. The predicted molar refractivity (Wildman–Crippen MR) is 247 cm³/mol. The van der Waals surface area contributed by atoms with Crippen LogP contribution in [-0.2, 0) is 0 Å². The van der Waals surface area contributed by atoms with Crippen molar-refractivity contribution in [2.75, 3.05) is 4.90 Å². The summed E-state index contributed by atoms with van der Waals surface area (Å²) in [5.41, 5.74) is 14.1. The van der Waals surface area contributed by atoms with Crippen LogP contribution >= 0.6 is 0 Å². The van der Waals surface area contributed by atoms with Gasteiger partial charge in [-0.3, -0.25) is 0 Å². The standard InChI is InChI=1S/C56H38N2/c1-2-18-45(19-3-1)58-55-26-9-8-23-53(55)54-38-44(31-36-56(54)58)43-17-10-20-48(37-43)57(46-32-27-41(28-33-46)51-24-11-15-39-13-4-6-21-49(39)51)47-34-29-42(30-35-47)52-25-12-16-40-14-5-7-22-50(40)52/h1-38H. The Morgan fingerprint density at radius 1 is 0.276 bits per heavy atom. The molecule has 2 nitrogen and oxygen atoms in total. The number of rotatable bonds is 7. The van der Waals surface area contributed by atoms with Crippen LogP contribution in [-0.4, -0.2) is 4.57 Å². The first-order valence-corrected chi connectivity index (χ1v) is 19.9. The topological polar surface area (TPSA) is 8.17 Å². The van der Waals surface area contributed by atoms with Gasteiger partial charge in [-0.25, -0.2) is 0 Å². The van der Waals surface area contributed by atoms with Gasteiger partial charge in [0.2, 0.25) is 0 Å². The van der Waals surface area contributed by atoms with Gasteiger partial charge in [-0.1, -0.05) is 164 Å². The van der Waals surface area contributed by atoms with Crippen LogP contribution in [0.1, 0.15) is 0 Å². The first-order valence-electron chi connectivity index (χ1n) is 19.9. The molecule has 1 heterocycles. The van der Waals surface area contributed by atoms with Gasteiger partial charge in [0, 0.05) is 33.5 Å². The quantitative estimate of drug-likeness (QED) is 0.158. The fraction of sp³-hybridized carbons (Fsp3) is 0. The van der Waals surface area contributed by atoms with Crippen molar-refractivity contribution in [3.05, 3.63) is 231 Å². The second-order valence-corrected chi connectivity index (χ2v) is 15.0. The van der Waals surface area contributed by atoms with E-state index in [0.717, 1.165) is 22.7 Å². The summed E-state index contributed by atoms with van der Waals surface area (Å²) in [5, 5.41) is 7.50. The number of nitrogens with zero attached hydrogens (tertiary/aromatic N) is 2. The number of aromatic nitrogens is 1. The lowest BCUT2D eigenvalue weighted by molar-refractivity contribution is 1.18. The van der Waals surface area contributed by atoms with Crippen LogP contribution in [0.15, 0.2) is 231 Å². The first-order chi connectivity index (χ1) is 28.8. The fourth-order valence-corrected chi connectivity index (χ4v) is 8.81. The molecule has 0 unspecified atom stereocenters. The van der Waals surface area contributed by atoms with E-state index in [-0.39, 0.29) is 0 Å². The van der Waals surface area contributed by atoms with Gasteiger partial charge in [0.1, 0.15) is 0 Å². The van der Waals surface area contributed by atoms with Crippen LogP contribution in [0.5, 0.6) is 0 Å². The molecule has 0 aliphatic carbocycles. The van der Waals surface area contributed by atoms with E-state index in [2.05, 4.69) is 240 Å². The van der Waals surface area contributed by atoms with E-state index in [0.29, 0.717) is 0 Å². The molecule has 11 rings (SSSR count). The van der Waals surface area contributed by atoms with Gasteiger partial charge in [0.25, 0.3) is 0 Å². The molecule has 0 radical (unpaired) electrons. The number of fused-ring (bicyclic) bond motifs is 5. The van der Waals surface area contributed by atoms with E-state index in [1.807, 2.05) is 0 Å². The number of anilines is 3. The Morgan fingerprint density at radius 2 is 0.759 bits per heavy atom. The Bertz CT molecular complexity index is 3130. The highest BCUT2D eigenvalue weighted by atomic mass is 15.1. The van der Waals surface area contributed by atoms with Gasteiger partial charge in [0.05, 0.1) is 11.0 Å². The molecule has 272 valence electrons. The highest BCUT2D eigenvalue weighted by Gasteiger charge is 2.17. The molecule has 1 aromatic heterocycles. The molecule has 0 saturated carbocycles. The first kappa shape index (κ1) is 33.6. The van der Waals surface area contributed by atoms with Crippen LogP contribution < -0.4 is 4.90 Å². The van der Waals surface area contributed by atoms with E-state index in [1.165, 1.54) is 76.7 Å². The monoisotopic (exact) mass is 738 g/mol. The highest BCUT2D eigenvalue weighted by Crippen LogP contribution is 2.41. The van der Waals surface area contributed by atoms with Gasteiger partial charge in [-0.15, -0.1) is 0 Å². The largest absolute Gasteiger partial charge is 0.310 e. The molecule has 0 saturated heterocycles. The maximum Gasteiger partial charge on any atom is 0.0541 e. The van der Waals surface area contributed by atoms with E-state index in [4.69, 9.17) is 0 Å². The zero-order chi connectivity index (χ0) is 38.4. The minimum Gasteiger partial charge on any atom is -0.310 e. The molecule has 10 aromatic carbocycles. The maximum absolute atomic E-state index is 2.38. The number of para-hydroxylation sites is 2. The van der Waals surface area contributed by atoms with Gasteiger partial charge in [0.15, 0.2) is 0 Å². The Hall–Kier alpha value is -7.68. The SMILES string of the molecule is c1ccc(-n2c3ccccc3c3cc(-c4cccc(N(c5ccc(-c6cccc7ccccc67)cc5)c5ccc(-c6cccc7ccccc67)cc5)c4)ccc32)cc1. The molecular formula is C56H38N2. The van der Waals surface area contributed by atoms with E-state index >= 15 is 0 Å². The summed E-state index contributed by atoms with van der Waals surface area (Å²) in [5.74, 6) is 0. The lowest BCUT2D eigenvalue weighted by Gasteiger charge is -2.26. The minimum absolute atomic E-state index is 1.10. The Labute approximate surface area is 338 Å². The van der Waals surface area contributed by atoms with E-state index < -0.39 is 0 Å². The van der Waals surface area contributed by atoms with Crippen molar-refractivity contribution in [1.82, 2.24) is 4.57 Å². The lowest BCUT2D eigenvalue weighted by atomic mass is 9.97. The number of benzene rings is 10. The predicted octanol–water partition coefficient (Wildman–Crippen LogP) is 15.6. The van der Waals surface area contributed by atoms with Gasteiger partial charge in [-0.2, -0.15) is 0 Å². The highest BCUT2D eigenvalue weighted by molar-refractivity contribution is 6.10. The average Bonchev–Trinajstić information content (AvgIpc) is 3.63. The van der Waals surface area contributed by atoms with Crippen molar-refractivity contribution < 1.29 is 0 Å². The van der Waals surface area contributed by atoms with Gasteiger partial charge >= 0.3 is 0 Å². The molecule has 0 aliphatic heterocycles. The molecule has 11 aromatic rings. The third-order valence-electron chi connectivity index (χ3n) is 11.6. The lowest BCUT2D eigenvalue weighted by Crippen LogP contribution is -2.10. The average molecular weight is 739 g/mol. The fourth-order valence-electron chi connectivity index (χ4n) is 8.81. The third-order valence-corrected chi connectivity index (χ3v) is 11.6. The Kier molecular flexibility index (Phi) is 8.19. The van der Waals surface area contributed by atoms with Crippen LogP contribution in [0.2, 0.25) is 0 Å². The molecule has 0 aliphatic rings. The summed E-state index contributed by atoms with van der Waals surface area (Å²) in [6, 6.07) is 83.7. The summed E-state index contributed by atoms with van der Waals surface area (Å²) in [6.45, 7) is 0. The van der Waals surface area contributed by atoms with Crippen LogP contribution in [0.4, 0.5) is 17.1 Å². The van der Waals surface area contributed by atoms with Crippen molar-refractivity contribution in [3.63, 3.8) is 0 Å². The molecule has 0 amide bonds. The van der Waals surface area contributed by atoms with Crippen LogP contribution in [0, 0.1) is 0 Å². The molecule has 0 N–H and O–H groups in total. The van der Waals surface area contributed by atoms with Gasteiger partial charge in [-0.05, 0) is 122 Å². The molecule has 0 fully saturated rings. The van der Waals surface area contributed by atoms with E-state index in [1.54, 1.807) is 0 Å². The van der Waals surface area contributed by atoms with Crippen LogP contribution in [0.3, 0.4) is 0 Å². The number of hydrogen-bond acceptors (Lipinski definition) is 1. The summed E-state index contributed by atoms with van der Waals surface area (Å²) in [6.07, 6.45) is 0. The second kappa shape index (κ2) is 14.1. The molecular weight excluding hydrogens is 701 g/mol. The van der Waals surface area contributed by atoms with E-state index in [9.17, 15) is 0 Å². The summed E-state index contributed by atoms with van der Waals surface area (Å²) < 4.78 is 2.37. The normalized spacial score (nSPS) is 11.4. The van der Waals surface area contributed by atoms with Crippen LogP contribution in [0.25, 0.3) is 82.4 Å². The summed E-state index contributed by atoms with van der Waals surface area (Å²) in [4.78, 5) is 2.38. The van der Waals surface area contributed by atoms with Crippen molar-refractivity contribution in [2.45, 2.75) is 0 Å². The molecule has 0 atom stereocenters. The zero-order valence-corrected chi connectivity index (χ0v) is 31.8. The maximum atomic E-state index is 2.38. The summed E-state index contributed by atoms with van der Waals surface area (Å²) >= 11 is 0. The van der Waals surface area contributed by atoms with Crippen molar-refractivity contribution in [1.29, 1.82) is 0 Å². The molecule has 58 heavy (non-hydrogen) atoms. The third kappa shape index (κ3) is 5.82. The van der Waals surface area contributed by atoms with Crippen molar-refractivity contribution >= 4 is 60.4 Å². The summed E-state index contributed by atoms with van der Waals surface area (Å²) in [7, 11) is 0. The second-order valence-electron chi connectivity index (χ2n) is 15.0. The van der Waals surface area contributed by atoms with Crippen molar-refractivity contribution in [3.8, 4) is 39.1 Å².